The lowest BCUT2D eigenvalue weighted by Crippen LogP contribution is -2.43. The Bertz CT molecular complexity index is 451. The molecule has 2 rings (SSSR count). The van der Waals surface area contributed by atoms with E-state index in [1.165, 1.54) is 12.1 Å². The Labute approximate surface area is 106 Å². The van der Waals surface area contributed by atoms with E-state index in [1.54, 1.807) is 20.1 Å². The normalized spacial score (nSPS) is 23.1. The Morgan fingerprint density at radius 2 is 2.28 bits per heavy atom. The van der Waals surface area contributed by atoms with Crippen LogP contribution in [0.25, 0.3) is 0 Å². The molecule has 1 saturated heterocycles. The monoisotopic (exact) mass is 252 g/mol. The topological polar surface area (TPSA) is 50.4 Å². The molecule has 18 heavy (non-hydrogen) atoms. The number of benzene rings is 1. The number of aryl methyl sites for hydroxylation is 1. The van der Waals surface area contributed by atoms with E-state index in [0.29, 0.717) is 18.7 Å². The van der Waals surface area contributed by atoms with E-state index in [1.807, 2.05) is 0 Å². The van der Waals surface area contributed by atoms with Gasteiger partial charge in [-0.15, -0.1) is 0 Å². The van der Waals surface area contributed by atoms with Gasteiger partial charge in [-0.05, 0) is 24.6 Å². The van der Waals surface area contributed by atoms with Gasteiger partial charge in [-0.1, -0.05) is 6.07 Å². The van der Waals surface area contributed by atoms with Gasteiger partial charge in [0, 0.05) is 25.8 Å². The lowest BCUT2D eigenvalue weighted by molar-refractivity contribution is 0.0779. The van der Waals surface area contributed by atoms with Crippen LogP contribution in [0.2, 0.25) is 0 Å². The number of hydrogen-bond acceptors (Lipinski definition) is 3. The van der Waals surface area contributed by atoms with Crippen molar-refractivity contribution in [3.05, 3.63) is 35.1 Å². The number of nitrogens with one attached hydrogen (secondary N) is 2. The number of halogens is 1. The quantitative estimate of drug-likeness (QED) is 0.838. The van der Waals surface area contributed by atoms with Crippen LogP contribution in [0.15, 0.2) is 18.2 Å². The zero-order valence-corrected chi connectivity index (χ0v) is 10.5. The van der Waals surface area contributed by atoms with Crippen molar-refractivity contribution < 1.29 is 13.9 Å². The third-order valence-corrected chi connectivity index (χ3v) is 3.22. The number of hydrogen-bond donors (Lipinski definition) is 2. The van der Waals surface area contributed by atoms with E-state index in [4.69, 9.17) is 4.74 Å². The molecule has 0 saturated carbocycles. The number of carbonyl (C=O) groups is 1. The van der Waals surface area contributed by atoms with Gasteiger partial charge in [0.1, 0.15) is 5.82 Å². The predicted octanol–water partition coefficient (Wildman–Crippen LogP) is 0.851. The predicted molar refractivity (Wildman–Crippen MR) is 66.1 cm³/mol. The summed E-state index contributed by atoms with van der Waals surface area (Å²) in [4.78, 5) is 12.1. The molecule has 0 spiro atoms. The number of ether oxygens (including phenoxy) is 1. The molecule has 1 aliphatic rings. The van der Waals surface area contributed by atoms with Gasteiger partial charge in [0.15, 0.2) is 0 Å². The van der Waals surface area contributed by atoms with Gasteiger partial charge in [0.05, 0.1) is 12.1 Å². The van der Waals surface area contributed by atoms with E-state index >= 15 is 0 Å². The maximum atomic E-state index is 13.1. The van der Waals surface area contributed by atoms with Crippen LogP contribution in [0.3, 0.4) is 0 Å². The highest BCUT2D eigenvalue weighted by Gasteiger charge is 2.28. The van der Waals surface area contributed by atoms with Crippen molar-refractivity contribution in [1.29, 1.82) is 0 Å². The SMILES string of the molecule is COC1CNCC1NC(=O)c1cc(F)ccc1C. The van der Waals surface area contributed by atoms with Crippen molar-refractivity contribution in [1.82, 2.24) is 10.6 Å². The van der Waals surface area contributed by atoms with Crippen LogP contribution in [0.5, 0.6) is 0 Å². The van der Waals surface area contributed by atoms with Crippen molar-refractivity contribution in [3.8, 4) is 0 Å². The summed E-state index contributed by atoms with van der Waals surface area (Å²) in [6.07, 6.45) is -0.0391. The van der Waals surface area contributed by atoms with Crippen molar-refractivity contribution in [3.63, 3.8) is 0 Å². The smallest absolute Gasteiger partial charge is 0.252 e. The average molecular weight is 252 g/mol. The first-order valence-electron chi connectivity index (χ1n) is 5.92. The summed E-state index contributed by atoms with van der Waals surface area (Å²) in [5.74, 6) is -0.665. The Balaban J connectivity index is 2.09. The first-order valence-corrected chi connectivity index (χ1v) is 5.92. The molecule has 4 nitrogen and oxygen atoms in total. The van der Waals surface area contributed by atoms with Crippen LogP contribution in [0.4, 0.5) is 4.39 Å². The maximum absolute atomic E-state index is 13.1. The summed E-state index contributed by atoms with van der Waals surface area (Å²) < 4.78 is 18.4. The molecule has 0 bridgehead atoms. The third kappa shape index (κ3) is 2.68. The van der Waals surface area contributed by atoms with Gasteiger partial charge >= 0.3 is 0 Å². The fourth-order valence-corrected chi connectivity index (χ4v) is 2.13. The van der Waals surface area contributed by atoms with E-state index in [0.717, 1.165) is 5.56 Å². The third-order valence-electron chi connectivity index (χ3n) is 3.22. The highest BCUT2D eigenvalue weighted by molar-refractivity contribution is 5.95. The van der Waals surface area contributed by atoms with E-state index in [9.17, 15) is 9.18 Å². The molecule has 1 aliphatic heterocycles. The van der Waals surface area contributed by atoms with Gasteiger partial charge in [-0.2, -0.15) is 0 Å². The highest BCUT2D eigenvalue weighted by Crippen LogP contribution is 2.12. The molecule has 1 fully saturated rings. The van der Waals surface area contributed by atoms with Crippen molar-refractivity contribution in [2.45, 2.75) is 19.1 Å². The summed E-state index contributed by atoms with van der Waals surface area (Å²) in [7, 11) is 1.62. The lowest BCUT2D eigenvalue weighted by Gasteiger charge is -2.19. The Kier molecular flexibility index (Phi) is 3.93. The molecule has 5 heteroatoms. The lowest BCUT2D eigenvalue weighted by atomic mass is 10.1. The average Bonchev–Trinajstić information content (AvgIpc) is 2.79. The van der Waals surface area contributed by atoms with Crippen molar-refractivity contribution >= 4 is 5.91 Å². The minimum Gasteiger partial charge on any atom is -0.378 e. The van der Waals surface area contributed by atoms with Crippen LogP contribution in [-0.4, -0.2) is 38.3 Å². The molecule has 2 N–H and O–H groups in total. The Morgan fingerprint density at radius 3 is 3.00 bits per heavy atom. The van der Waals surface area contributed by atoms with Crippen molar-refractivity contribution in [2.75, 3.05) is 20.2 Å². The summed E-state index contributed by atoms with van der Waals surface area (Å²) >= 11 is 0. The van der Waals surface area contributed by atoms with E-state index < -0.39 is 5.82 Å². The van der Waals surface area contributed by atoms with Crippen LogP contribution in [0, 0.1) is 12.7 Å². The standard InChI is InChI=1S/C13H17FN2O2/c1-8-3-4-9(14)5-10(8)13(17)16-11-6-15-7-12(11)18-2/h3-5,11-12,15H,6-7H2,1-2H3,(H,16,17). The molecule has 2 unspecified atom stereocenters. The molecule has 98 valence electrons. The second kappa shape index (κ2) is 5.46. The van der Waals surface area contributed by atoms with Gasteiger partial charge in [-0.3, -0.25) is 4.79 Å². The fraction of sp³-hybridized carbons (Fsp3) is 0.462. The molecule has 0 aromatic heterocycles. The minimum atomic E-state index is -0.404. The second-order valence-electron chi connectivity index (χ2n) is 4.47. The zero-order valence-electron chi connectivity index (χ0n) is 10.5. The number of amides is 1. The number of methoxy groups -OCH3 is 1. The number of carbonyl (C=O) groups excluding carboxylic acids is 1. The molecular weight excluding hydrogens is 235 g/mol. The summed E-state index contributed by atoms with van der Waals surface area (Å²) in [5, 5.41) is 6.01. The minimum absolute atomic E-state index is 0.0391. The molecule has 1 heterocycles. The highest BCUT2D eigenvalue weighted by atomic mass is 19.1. The van der Waals surface area contributed by atoms with Crippen LogP contribution in [-0.2, 0) is 4.74 Å². The fourth-order valence-electron chi connectivity index (χ4n) is 2.13. The van der Waals surface area contributed by atoms with Crippen LogP contribution < -0.4 is 10.6 Å². The first kappa shape index (κ1) is 13.0. The van der Waals surface area contributed by atoms with E-state index in [2.05, 4.69) is 10.6 Å². The molecule has 2 atom stereocenters. The molecular formula is C13H17FN2O2. The molecule has 1 aromatic carbocycles. The molecule has 0 radical (unpaired) electrons. The second-order valence-corrected chi connectivity index (χ2v) is 4.47. The van der Waals surface area contributed by atoms with Gasteiger partial charge in [0.2, 0.25) is 0 Å². The molecule has 1 aromatic rings. The number of rotatable bonds is 3. The largest absolute Gasteiger partial charge is 0.378 e. The Morgan fingerprint density at radius 1 is 1.50 bits per heavy atom. The van der Waals surface area contributed by atoms with Crippen LogP contribution in [0.1, 0.15) is 15.9 Å². The first-order chi connectivity index (χ1) is 8.61. The van der Waals surface area contributed by atoms with Gasteiger partial charge < -0.3 is 15.4 Å². The van der Waals surface area contributed by atoms with Crippen molar-refractivity contribution in [2.24, 2.45) is 0 Å². The maximum Gasteiger partial charge on any atom is 0.252 e. The Hall–Kier alpha value is -1.46. The van der Waals surface area contributed by atoms with Gasteiger partial charge in [0.25, 0.3) is 5.91 Å². The molecule has 0 aliphatic carbocycles. The summed E-state index contributed by atoms with van der Waals surface area (Å²) in [6, 6.07) is 4.13. The summed E-state index contributed by atoms with van der Waals surface area (Å²) in [5.41, 5.74) is 1.13. The zero-order chi connectivity index (χ0) is 13.1. The van der Waals surface area contributed by atoms with Gasteiger partial charge in [-0.25, -0.2) is 4.39 Å². The summed E-state index contributed by atoms with van der Waals surface area (Å²) in [6.45, 7) is 3.16. The molecule has 1 amide bonds. The van der Waals surface area contributed by atoms with Crippen LogP contribution >= 0.6 is 0 Å². The van der Waals surface area contributed by atoms with E-state index in [-0.39, 0.29) is 18.1 Å².